The van der Waals surface area contributed by atoms with Crippen molar-refractivity contribution in [1.29, 1.82) is 0 Å². The molecular formula is C13H25N. The Morgan fingerprint density at radius 1 is 0.929 bits per heavy atom. The van der Waals surface area contributed by atoms with Gasteiger partial charge in [0.1, 0.15) is 0 Å². The summed E-state index contributed by atoms with van der Waals surface area (Å²) < 4.78 is 0. The lowest BCUT2D eigenvalue weighted by Gasteiger charge is -2.55. The van der Waals surface area contributed by atoms with Gasteiger partial charge in [-0.1, -0.05) is 13.8 Å². The average molecular weight is 195 g/mol. The molecule has 0 N–H and O–H groups in total. The lowest BCUT2D eigenvalue weighted by molar-refractivity contribution is -0.0536. The van der Waals surface area contributed by atoms with Gasteiger partial charge in [0.15, 0.2) is 0 Å². The number of hydrogen-bond acceptors (Lipinski definition) is 1. The minimum atomic E-state index is 0.746. The third-order valence-corrected chi connectivity index (χ3v) is 4.27. The van der Waals surface area contributed by atoms with Crippen molar-refractivity contribution in [2.45, 2.75) is 71.5 Å². The second-order valence-corrected chi connectivity index (χ2v) is 5.84. The van der Waals surface area contributed by atoms with Crippen LogP contribution in [0.15, 0.2) is 0 Å². The molecule has 82 valence electrons. The van der Waals surface area contributed by atoms with E-state index in [1.54, 1.807) is 0 Å². The number of hydrogen-bond donors (Lipinski definition) is 0. The van der Waals surface area contributed by atoms with Crippen molar-refractivity contribution in [3.8, 4) is 0 Å². The second kappa shape index (κ2) is 3.84. The molecule has 1 heteroatoms. The molecule has 0 aromatic heterocycles. The minimum absolute atomic E-state index is 0.746. The van der Waals surface area contributed by atoms with Gasteiger partial charge in [-0.25, -0.2) is 0 Å². The van der Waals surface area contributed by atoms with E-state index in [1.807, 2.05) is 0 Å². The third kappa shape index (κ3) is 1.60. The van der Waals surface area contributed by atoms with E-state index in [0.717, 1.165) is 30.0 Å². The molecule has 0 unspecified atom stereocenters. The molecule has 3 fully saturated rings. The van der Waals surface area contributed by atoms with E-state index >= 15 is 0 Å². The maximum absolute atomic E-state index is 2.82. The summed E-state index contributed by atoms with van der Waals surface area (Å²) in [5.74, 6) is 1.84. The van der Waals surface area contributed by atoms with E-state index in [0.29, 0.717) is 0 Å². The summed E-state index contributed by atoms with van der Waals surface area (Å²) in [6.07, 6.45) is 5.92. The van der Waals surface area contributed by atoms with Gasteiger partial charge >= 0.3 is 0 Å². The van der Waals surface area contributed by atoms with Gasteiger partial charge in [0, 0.05) is 18.1 Å². The molecular weight excluding hydrogens is 170 g/mol. The quantitative estimate of drug-likeness (QED) is 0.653. The zero-order chi connectivity index (χ0) is 10.3. The van der Waals surface area contributed by atoms with Crippen LogP contribution >= 0.6 is 0 Å². The van der Waals surface area contributed by atoms with Gasteiger partial charge in [0.25, 0.3) is 0 Å². The Kier molecular flexibility index (Phi) is 2.88. The van der Waals surface area contributed by atoms with Gasteiger partial charge in [-0.2, -0.15) is 0 Å². The van der Waals surface area contributed by atoms with E-state index in [2.05, 4.69) is 32.6 Å². The van der Waals surface area contributed by atoms with Gasteiger partial charge in [0.05, 0.1) is 0 Å². The maximum atomic E-state index is 2.82. The lowest BCUT2D eigenvalue weighted by Crippen LogP contribution is -2.59. The monoisotopic (exact) mass is 195 g/mol. The normalized spacial score (nSPS) is 38.6. The van der Waals surface area contributed by atoms with Crippen LogP contribution in [0, 0.1) is 11.8 Å². The van der Waals surface area contributed by atoms with E-state index in [9.17, 15) is 0 Å². The van der Waals surface area contributed by atoms with E-state index in [-0.39, 0.29) is 0 Å². The summed E-state index contributed by atoms with van der Waals surface area (Å²) >= 11 is 0. The molecule has 1 saturated carbocycles. The summed E-state index contributed by atoms with van der Waals surface area (Å²) in [7, 11) is 0. The second-order valence-electron chi connectivity index (χ2n) is 5.84. The molecule has 3 aliphatic rings. The van der Waals surface area contributed by atoms with E-state index in [4.69, 9.17) is 0 Å². The Bertz CT molecular complexity index is 167. The molecule has 0 amide bonds. The van der Waals surface area contributed by atoms with Crippen LogP contribution in [0.3, 0.4) is 0 Å². The molecule has 1 nitrogen and oxygen atoms in total. The predicted molar refractivity (Wildman–Crippen MR) is 61.3 cm³/mol. The topological polar surface area (TPSA) is 3.24 Å². The van der Waals surface area contributed by atoms with Crippen LogP contribution in [0.4, 0.5) is 0 Å². The van der Waals surface area contributed by atoms with E-state index < -0.39 is 0 Å². The first-order valence-corrected chi connectivity index (χ1v) is 6.38. The largest absolute Gasteiger partial charge is 0.295 e. The molecule has 14 heavy (non-hydrogen) atoms. The molecule has 0 aromatic rings. The molecule has 2 saturated heterocycles. The fraction of sp³-hybridized carbons (Fsp3) is 1.00. The summed E-state index contributed by atoms with van der Waals surface area (Å²) in [4.78, 5) is 2.82. The molecule has 1 aliphatic carbocycles. The fourth-order valence-electron chi connectivity index (χ4n) is 3.88. The lowest BCUT2D eigenvalue weighted by atomic mass is 9.70. The van der Waals surface area contributed by atoms with Gasteiger partial charge in [-0.05, 0) is 51.4 Å². The zero-order valence-corrected chi connectivity index (χ0v) is 10.2. The highest BCUT2D eigenvalue weighted by Crippen LogP contribution is 2.43. The van der Waals surface area contributed by atoms with Crippen molar-refractivity contribution >= 4 is 0 Å². The van der Waals surface area contributed by atoms with Crippen molar-refractivity contribution in [2.24, 2.45) is 11.8 Å². The summed E-state index contributed by atoms with van der Waals surface area (Å²) in [5.41, 5.74) is 0. The van der Waals surface area contributed by atoms with Gasteiger partial charge in [0.2, 0.25) is 0 Å². The third-order valence-electron chi connectivity index (χ3n) is 4.27. The molecule has 2 aliphatic heterocycles. The highest BCUT2D eigenvalue weighted by molar-refractivity contribution is 4.97. The van der Waals surface area contributed by atoms with Crippen molar-refractivity contribution in [3.63, 3.8) is 0 Å². The first-order chi connectivity index (χ1) is 6.61. The first kappa shape index (κ1) is 10.5. The molecule has 0 aromatic carbocycles. The molecule has 2 bridgehead atoms. The van der Waals surface area contributed by atoms with Crippen LogP contribution in [0.1, 0.15) is 53.4 Å². The molecule has 2 heterocycles. The van der Waals surface area contributed by atoms with Crippen LogP contribution in [-0.4, -0.2) is 23.0 Å². The number of fused-ring (bicyclic) bond motifs is 3. The summed E-state index contributed by atoms with van der Waals surface area (Å²) in [5, 5.41) is 0. The number of rotatable bonds is 2. The van der Waals surface area contributed by atoms with Crippen LogP contribution in [0.2, 0.25) is 0 Å². The highest BCUT2D eigenvalue weighted by atomic mass is 15.2. The maximum Gasteiger partial charge on any atom is 0.0152 e. The zero-order valence-electron chi connectivity index (χ0n) is 10.2. The Morgan fingerprint density at radius 3 is 1.86 bits per heavy atom. The Labute approximate surface area is 88.9 Å². The van der Waals surface area contributed by atoms with Crippen LogP contribution in [0.5, 0.6) is 0 Å². The van der Waals surface area contributed by atoms with E-state index in [1.165, 1.54) is 25.7 Å². The predicted octanol–water partition coefficient (Wildman–Crippen LogP) is 3.29. The first-order valence-electron chi connectivity index (χ1n) is 6.38. The van der Waals surface area contributed by atoms with Crippen LogP contribution in [-0.2, 0) is 0 Å². The SMILES string of the molecule is CC(C)[C@@H]1[C@H]2CC[C@H](CC2)N1C(C)C. The van der Waals surface area contributed by atoms with Crippen molar-refractivity contribution < 1.29 is 0 Å². The summed E-state index contributed by atoms with van der Waals surface area (Å²) in [6, 6.07) is 2.53. The van der Waals surface area contributed by atoms with Gasteiger partial charge < -0.3 is 0 Å². The van der Waals surface area contributed by atoms with Crippen LogP contribution < -0.4 is 0 Å². The average Bonchev–Trinajstić information content (AvgIpc) is 2.17. The summed E-state index contributed by atoms with van der Waals surface area (Å²) in [6.45, 7) is 9.55. The van der Waals surface area contributed by atoms with Crippen molar-refractivity contribution in [2.75, 3.05) is 0 Å². The molecule has 1 atom stereocenters. The fourth-order valence-corrected chi connectivity index (χ4v) is 3.88. The highest BCUT2D eigenvalue weighted by Gasteiger charge is 2.43. The number of nitrogens with zero attached hydrogens (tertiary/aromatic N) is 1. The number of piperidine rings is 2. The smallest absolute Gasteiger partial charge is 0.0152 e. The minimum Gasteiger partial charge on any atom is -0.295 e. The Balaban J connectivity index is 2.18. The molecule has 0 spiro atoms. The Morgan fingerprint density at radius 2 is 1.50 bits per heavy atom. The molecule has 0 radical (unpaired) electrons. The van der Waals surface area contributed by atoms with Crippen molar-refractivity contribution in [3.05, 3.63) is 0 Å². The molecule has 3 rings (SSSR count). The van der Waals surface area contributed by atoms with Gasteiger partial charge in [-0.3, -0.25) is 4.90 Å². The van der Waals surface area contributed by atoms with Crippen LogP contribution in [0.25, 0.3) is 0 Å². The van der Waals surface area contributed by atoms with Crippen molar-refractivity contribution in [1.82, 2.24) is 4.90 Å². The Hall–Kier alpha value is -0.0400. The van der Waals surface area contributed by atoms with Gasteiger partial charge in [-0.15, -0.1) is 0 Å². The standard InChI is InChI=1S/C13H25N/c1-9(2)13-11-5-7-12(8-6-11)14(13)10(3)4/h9-13H,5-8H2,1-4H3/t11-,12+,13-/m1/s1.